The maximum absolute atomic E-state index is 11.2. The molecule has 0 bridgehead atoms. The zero-order chi connectivity index (χ0) is 19.0. The van der Waals surface area contributed by atoms with Crippen LogP contribution in [0.4, 0.5) is 11.4 Å². The SMILES string of the molecule is [2H]C([2H])([2H])C(O)(CNc1c([N+](=O)[O-])cnc2ccccc12)C([2H])([2H])[2H]. The van der Waals surface area contributed by atoms with Gasteiger partial charge >= 0.3 is 5.69 Å². The molecule has 0 spiro atoms. The Hall–Kier alpha value is -2.21. The number of benzene rings is 1. The molecular weight excluding hydrogens is 246 g/mol. The van der Waals surface area contributed by atoms with Crippen LogP contribution in [0.15, 0.2) is 30.5 Å². The van der Waals surface area contributed by atoms with E-state index in [0.717, 1.165) is 6.20 Å². The molecule has 2 N–H and O–H groups in total. The van der Waals surface area contributed by atoms with Crippen LogP contribution in [0.5, 0.6) is 0 Å². The van der Waals surface area contributed by atoms with Crippen LogP contribution in [0.3, 0.4) is 0 Å². The summed E-state index contributed by atoms with van der Waals surface area (Å²) < 4.78 is 44.1. The number of nitrogens with one attached hydrogen (secondary N) is 1. The Labute approximate surface area is 118 Å². The van der Waals surface area contributed by atoms with Gasteiger partial charge < -0.3 is 10.4 Å². The molecule has 0 aliphatic heterocycles. The fourth-order valence-electron chi connectivity index (χ4n) is 1.67. The van der Waals surface area contributed by atoms with E-state index in [2.05, 4.69) is 10.3 Å². The van der Waals surface area contributed by atoms with E-state index in [1.54, 1.807) is 18.2 Å². The molecule has 0 unspecified atom stereocenters. The predicted molar refractivity (Wildman–Crippen MR) is 73.2 cm³/mol. The third kappa shape index (κ3) is 2.97. The zero-order valence-corrected chi connectivity index (χ0v) is 9.75. The highest BCUT2D eigenvalue weighted by Gasteiger charge is 2.20. The first-order valence-electron chi connectivity index (χ1n) is 8.37. The summed E-state index contributed by atoms with van der Waals surface area (Å²) in [6.07, 6.45) is 0.981. The van der Waals surface area contributed by atoms with Gasteiger partial charge in [0, 0.05) is 20.2 Å². The number of hydrogen-bond donors (Lipinski definition) is 2. The molecule has 6 nitrogen and oxygen atoms in total. The topological polar surface area (TPSA) is 88.3 Å². The van der Waals surface area contributed by atoms with Crippen molar-refractivity contribution in [3.05, 3.63) is 40.6 Å². The summed E-state index contributed by atoms with van der Waals surface area (Å²) in [4.78, 5) is 14.4. The van der Waals surface area contributed by atoms with Gasteiger partial charge in [0.25, 0.3) is 0 Å². The quantitative estimate of drug-likeness (QED) is 0.655. The summed E-state index contributed by atoms with van der Waals surface area (Å²) in [6.45, 7) is -7.40. The largest absolute Gasteiger partial charge is 0.389 e. The molecule has 100 valence electrons. The molecule has 1 aromatic heterocycles. The molecule has 19 heavy (non-hydrogen) atoms. The highest BCUT2D eigenvalue weighted by molar-refractivity contribution is 5.95. The Morgan fingerprint density at radius 1 is 1.53 bits per heavy atom. The van der Waals surface area contributed by atoms with Gasteiger partial charge in [-0.2, -0.15) is 0 Å². The fourth-order valence-corrected chi connectivity index (χ4v) is 1.67. The number of rotatable bonds is 4. The number of para-hydroxylation sites is 1. The van der Waals surface area contributed by atoms with Gasteiger partial charge in [-0.25, -0.2) is 4.98 Å². The molecule has 2 rings (SSSR count). The van der Waals surface area contributed by atoms with Crippen molar-refractivity contribution >= 4 is 22.3 Å². The van der Waals surface area contributed by atoms with E-state index in [-0.39, 0.29) is 5.69 Å². The Morgan fingerprint density at radius 2 is 2.26 bits per heavy atom. The van der Waals surface area contributed by atoms with Crippen molar-refractivity contribution in [3.8, 4) is 0 Å². The summed E-state index contributed by atoms with van der Waals surface area (Å²) in [6, 6.07) is 6.36. The number of aromatic nitrogens is 1. The van der Waals surface area contributed by atoms with E-state index in [9.17, 15) is 15.2 Å². The normalized spacial score (nSPS) is 17.5. The molecule has 1 heterocycles. The molecule has 0 aliphatic rings. The minimum Gasteiger partial charge on any atom is -0.389 e. The van der Waals surface area contributed by atoms with E-state index in [1.807, 2.05) is 0 Å². The minimum atomic E-state index is -3.23. The molecule has 0 fully saturated rings. The highest BCUT2D eigenvalue weighted by atomic mass is 16.6. The lowest BCUT2D eigenvalue weighted by Crippen LogP contribution is -2.29. The van der Waals surface area contributed by atoms with Crippen molar-refractivity contribution in [2.45, 2.75) is 19.3 Å². The lowest BCUT2D eigenvalue weighted by molar-refractivity contribution is -0.384. The number of aliphatic hydroxyl groups is 1. The van der Waals surface area contributed by atoms with E-state index in [0.29, 0.717) is 10.9 Å². The van der Waals surface area contributed by atoms with Crippen molar-refractivity contribution in [2.24, 2.45) is 0 Å². The van der Waals surface area contributed by atoms with E-state index >= 15 is 0 Å². The van der Waals surface area contributed by atoms with E-state index in [4.69, 9.17) is 8.22 Å². The Kier molecular flexibility index (Phi) is 1.87. The molecule has 6 heteroatoms. The van der Waals surface area contributed by atoms with Crippen LogP contribution in [-0.2, 0) is 0 Å². The van der Waals surface area contributed by atoms with Gasteiger partial charge in [0.15, 0.2) is 0 Å². The van der Waals surface area contributed by atoms with Crippen LogP contribution in [-0.4, -0.2) is 27.2 Å². The van der Waals surface area contributed by atoms with Gasteiger partial charge in [-0.3, -0.25) is 10.1 Å². The molecule has 0 saturated heterocycles. The summed E-state index contributed by atoms with van der Waals surface area (Å²) in [5.41, 5.74) is -3.26. The lowest BCUT2D eigenvalue weighted by Gasteiger charge is -2.19. The molecule has 0 saturated carbocycles. The van der Waals surface area contributed by atoms with Crippen molar-refractivity contribution in [2.75, 3.05) is 11.9 Å². The smallest absolute Gasteiger partial charge is 0.311 e. The molecule has 1 aromatic carbocycles. The van der Waals surface area contributed by atoms with Crippen LogP contribution in [0.2, 0.25) is 0 Å². The average molecular weight is 267 g/mol. The first kappa shape index (κ1) is 7.40. The van der Waals surface area contributed by atoms with Gasteiger partial charge in [-0.1, -0.05) is 18.2 Å². The first-order valence-corrected chi connectivity index (χ1v) is 5.37. The summed E-state index contributed by atoms with van der Waals surface area (Å²) in [5.74, 6) is 0. The molecule has 0 amide bonds. The van der Waals surface area contributed by atoms with Crippen molar-refractivity contribution in [1.29, 1.82) is 0 Å². The Balaban J connectivity index is 2.52. The van der Waals surface area contributed by atoms with Gasteiger partial charge in [-0.05, 0) is 19.8 Å². The van der Waals surface area contributed by atoms with E-state index in [1.165, 1.54) is 6.07 Å². The predicted octanol–water partition coefficient (Wildman–Crippen LogP) is 2.33. The Morgan fingerprint density at radius 3 is 2.95 bits per heavy atom. The van der Waals surface area contributed by atoms with Crippen molar-refractivity contribution in [1.82, 2.24) is 4.98 Å². The molecule has 0 radical (unpaired) electrons. The molecule has 0 atom stereocenters. The molecular formula is C13H15N3O3. The standard InChI is InChI=1S/C13H15N3O3/c1-13(2,17)8-15-12-9-5-3-4-6-10(9)14-7-11(12)16(18)19/h3-7,17H,8H2,1-2H3,(H,14,15)/i1D3,2D3. The van der Waals surface area contributed by atoms with Crippen LogP contribution < -0.4 is 5.32 Å². The Bertz CT molecular complexity index is 792. The van der Waals surface area contributed by atoms with Crippen LogP contribution in [0.1, 0.15) is 21.9 Å². The second-order valence-electron chi connectivity index (χ2n) is 4.01. The number of fused-ring (bicyclic) bond motifs is 1. The highest BCUT2D eigenvalue weighted by Crippen LogP contribution is 2.31. The fraction of sp³-hybridized carbons (Fsp3) is 0.308. The second-order valence-corrected chi connectivity index (χ2v) is 4.01. The number of anilines is 1. The molecule has 0 aliphatic carbocycles. The minimum absolute atomic E-state index is 0.109. The number of nitro groups is 1. The van der Waals surface area contributed by atoms with Crippen LogP contribution >= 0.6 is 0 Å². The third-order valence-electron chi connectivity index (χ3n) is 2.47. The van der Waals surface area contributed by atoms with Crippen LogP contribution in [0.25, 0.3) is 10.9 Å². The van der Waals surface area contributed by atoms with E-state index < -0.39 is 36.5 Å². The summed E-state index contributed by atoms with van der Waals surface area (Å²) in [5, 5.41) is 24.2. The second kappa shape index (κ2) is 4.81. The summed E-state index contributed by atoms with van der Waals surface area (Å²) >= 11 is 0. The van der Waals surface area contributed by atoms with Gasteiger partial charge in [0.05, 0.1) is 16.0 Å². The van der Waals surface area contributed by atoms with Crippen molar-refractivity contribution < 1.29 is 18.3 Å². The number of hydrogen-bond acceptors (Lipinski definition) is 5. The zero-order valence-electron chi connectivity index (χ0n) is 15.8. The van der Waals surface area contributed by atoms with Crippen molar-refractivity contribution in [3.63, 3.8) is 0 Å². The lowest BCUT2D eigenvalue weighted by atomic mass is 10.1. The molecule has 2 aromatic rings. The maximum Gasteiger partial charge on any atom is 0.311 e. The van der Waals surface area contributed by atoms with Gasteiger partial charge in [-0.15, -0.1) is 0 Å². The third-order valence-corrected chi connectivity index (χ3v) is 2.47. The first-order chi connectivity index (χ1) is 11.4. The van der Waals surface area contributed by atoms with Crippen LogP contribution in [0, 0.1) is 10.1 Å². The maximum atomic E-state index is 11.2. The monoisotopic (exact) mass is 267 g/mol. The number of nitrogens with zero attached hydrogens (tertiary/aromatic N) is 2. The summed E-state index contributed by atoms with van der Waals surface area (Å²) in [7, 11) is 0. The average Bonchev–Trinajstić information content (AvgIpc) is 2.49. The number of pyridine rings is 1. The van der Waals surface area contributed by atoms with Gasteiger partial charge in [0.2, 0.25) is 0 Å². The van der Waals surface area contributed by atoms with Gasteiger partial charge in [0.1, 0.15) is 11.9 Å².